The number of hydrogen-bond acceptors (Lipinski definition) is 1. The van der Waals surface area contributed by atoms with Gasteiger partial charge in [0, 0.05) is 6.04 Å². The molecule has 0 bridgehead atoms. The predicted molar refractivity (Wildman–Crippen MR) is 97.8 cm³/mol. The van der Waals surface area contributed by atoms with Gasteiger partial charge in [0.05, 0.1) is 6.04 Å². The van der Waals surface area contributed by atoms with Crippen LogP contribution < -0.4 is 10.6 Å². The molecule has 2 aromatic carbocycles. The van der Waals surface area contributed by atoms with Crippen LogP contribution in [0.1, 0.15) is 50.3 Å². The average Bonchev–Trinajstić information content (AvgIpc) is 2.93. The third-order valence-electron chi connectivity index (χ3n) is 4.85. The summed E-state index contributed by atoms with van der Waals surface area (Å²) in [6.45, 7) is 4.53. The fraction of sp³-hybridized carbons (Fsp3) is 0.381. The van der Waals surface area contributed by atoms with Gasteiger partial charge < -0.3 is 10.6 Å². The first-order valence-electron chi connectivity index (χ1n) is 8.70. The largest absolute Gasteiger partial charge is 0.335 e. The maximum Gasteiger partial charge on any atom is 0.315 e. The van der Waals surface area contributed by atoms with Crippen molar-refractivity contribution in [2.75, 3.05) is 0 Å². The SMILES string of the molecule is CC1(C)CCC(NC(=O)NC(c2ccccc2)c2ccccc2)C1. The molecule has 0 heterocycles. The summed E-state index contributed by atoms with van der Waals surface area (Å²) in [5.74, 6) is 0. The van der Waals surface area contributed by atoms with Gasteiger partial charge in [-0.1, -0.05) is 74.5 Å². The molecule has 2 amide bonds. The molecular weight excluding hydrogens is 296 g/mol. The zero-order chi connectivity index (χ0) is 17.0. The van der Waals surface area contributed by atoms with Crippen molar-refractivity contribution in [1.29, 1.82) is 0 Å². The van der Waals surface area contributed by atoms with E-state index in [4.69, 9.17) is 0 Å². The van der Waals surface area contributed by atoms with Crippen LogP contribution >= 0.6 is 0 Å². The Morgan fingerprint density at radius 3 is 2.00 bits per heavy atom. The molecule has 0 aromatic heterocycles. The van der Waals surface area contributed by atoms with Crippen molar-refractivity contribution in [3.63, 3.8) is 0 Å². The quantitative estimate of drug-likeness (QED) is 0.845. The predicted octanol–water partition coefficient (Wildman–Crippen LogP) is 4.65. The third kappa shape index (κ3) is 4.16. The number of carbonyl (C=O) groups is 1. The van der Waals surface area contributed by atoms with E-state index in [9.17, 15) is 4.79 Å². The van der Waals surface area contributed by atoms with Gasteiger partial charge in [0.1, 0.15) is 0 Å². The minimum absolute atomic E-state index is 0.0876. The summed E-state index contributed by atoms with van der Waals surface area (Å²) in [6, 6.07) is 20.3. The summed E-state index contributed by atoms with van der Waals surface area (Å²) in [5.41, 5.74) is 2.51. The molecule has 3 rings (SSSR count). The second kappa shape index (κ2) is 7.08. The third-order valence-corrected chi connectivity index (χ3v) is 4.85. The van der Waals surface area contributed by atoms with Crippen molar-refractivity contribution >= 4 is 6.03 Å². The van der Waals surface area contributed by atoms with E-state index in [1.165, 1.54) is 6.42 Å². The lowest BCUT2D eigenvalue weighted by atomic mass is 9.92. The molecule has 0 radical (unpaired) electrons. The van der Waals surface area contributed by atoms with E-state index in [1.54, 1.807) is 0 Å². The van der Waals surface area contributed by atoms with Crippen molar-refractivity contribution in [2.45, 2.75) is 45.2 Å². The minimum atomic E-state index is -0.137. The summed E-state index contributed by atoms with van der Waals surface area (Å²) >= 11 is 0. The molecule has 2 aromatic rings. The summed E-state index contributed by atoms with van der Waals surface area (Å²) in [7, 11) is 0. The van der Waals surface area contributed by atoms with Gasteiger partial charge in [0.2, 0.25) is 0 Å². The molecule has 1 fully saturated rings. The van der Waals surface area contributed by atoms with Crippen LogP contribution in [0.3, 0.4) is 0 Å². The highest BCUT2D eigenvalue weighted by molar-refractivity contribution is 5.75. The summed E-state index contributed by atoms with van der Waals surface area (Å²) in [4.78, 5) is 12.5. The smallest absolute Gasteiger partial charge is 0.315 e. The number of urea groups is 1. The van der Waals surface area contributed by atoms with Gasteiger partial charge in [-0.15, -0.1) is 0 Å². The molecule has 3 nitrogen and oxygen atoms in total. The second-order valence-corrected chi connectivity index (χ2v) is 7.48. The fourth-order valence-corrected chi connectivity index (χ4v) is 3.57. The lowest BCUT2D eigenvalue weighted by Crippen LogP contribution is -2.43. The average molecular weight is 322 g/mol. The van der Waals surface area contributed by atoms with Crippen LogP contribution in [0.15, 0.2) is 60.7 Å². The van der Waals surface area contributed by atoms with Gasteiger partial charge in [0.15, 0.2) is 0 Å². The number of amides is 2. The Kier molecular flexibility index (Phi) is 4.89. The van der Waals surface area contributed by atoms with Crippen LogP contribution in [0.2, 0.25) is 0 Å². The molecule has 1 aliphatic rings. The zero-order valence-corrected chi connectivity index (χ0v) is 14.5. The first-order chi connectivity index (χ1) is 11.5. The molecule has 0 aliphatic heterocycles. The number of benzene rings is 2. The molecule has 3 heteroatoms. The highest BCUT2D eigenvalue weighted by Crippen LogP contribution is 2.36. The Bertz CT molecular complexity index is 627. The normalized spacial score (nSPS) is 19.2. The van der Waals surface area contributed by atoms with E-state index in [-0.39, 0.29) is 18.1 Å². The molecule has 1 unspecified atom stereocenters. The Labute approximate surface area is 144 Å². The molecule has 1 atom stereocenters. The van der Waals surface area contributed by atoms with Crippen LogP contribution in [0, 0.1) is 5.41 Å². The number of carbonyl (C=O) groups excluding carboxylic acids is 1. The number of nitrogens with one attached hydrogen (secondary N) is 2. The Morgan fingerprint density at radius 1 is 1.00 bits per heavy atom. The Morgan fingerprint density at radius 2 is 1.54 bits per heavy atom. The number of rotatable bonds is 4. The monoisotopic (exact) mass is 322 g/mol. The first-order valence-corrected chi connectivity index (χ1v) is 8.70. The first kappa shape index (κ1) is 16.6. The van der Waals surface area contributed by atoms with E-state index in [1.807, 2.05) is 36.4 Å². The van der Waals surface area contributed by atoms with E-state index in [0.29, 0.717) is 5.41 Å². The number of hydrogen-bond donors (Lipinski definition) is 2. The molecule has 24 heavy (non-hydrogen) atoms. The van der Waals surface area contributed by atoms with Gasteiger partial charge in [-0.05, 0) is 35.8 Å². The maximum absolute atomic E-state index is 12.5. The van der Waals surface area contributed by atoms with Gasteiger partial charge in [-0.25, -0.2) is 4.79 Å². The van der Waals surface area contributed by atoms with Crippen molar-refractivity contribution in [2.24, 2.45) is 5.41 Å². The van der Waals surface area contributed by atoms with Crippen molar-refractivity contribution in [3.05, 3.63) is 71.8 Å². The van der Waals surface area contributed by atoms with Crippen molar-refractivity contribution < 1.29 is 4.79 Å². The molecule has 0 saturated heterocycles. The Hall–Kier alpha value is -2.29. The lowest BCUT2D eigenvalue weighted by molar-refractivity contribution is 0.234. The van der Waals surface area contributed by atoms with E-state index >= 15 is 0 Å². The Balaban J connectivity index is 1.72. The van der Waals surface area contributed by atoms with Crippen LogP contribution in [-0.2, 0) is 0 Å². The van der Waals surface area contributed by atoms with Crippen molar-refractivity contribution in [3.8, 4) is 0 Å². The standard InChI is InChI=1S/C21H26N2O/c1-21(2)14-13-18(15-21)22-20(24)23-19(16-9-5-3-6-10-16)17-11-7-4-8-12-17/h3-12,18-19H,13-15H2,1-2H3,(H2,22,23,24). The summed E-state index contributed by atoms with van der Waals surface area (Å²) < 4.78 is 0. The molecule has 126 valence electrons. The summed E-state index contributed by atoms with van der Waals surface area (Å²) in [5, 5.41) is 6.31. The van der Waals surface area contributed by atoms with E-state index in [0.717, 1.165) is 24.0 Å². The zero-order valence-electron chi connectivity index (χ0n) is 14.5. The van der Waals surface area contributed by atoms with Crippen LogP contribution in [0.4, 0.5) is 4.79 Å². The van der Waals surface area contributed by atoms with Crippen LogP contribution in [-0.4, -0.2) is 12.1 Å². The molecular formula is C21H26N2O. The second-order valence-electron chi connectivity index (χ2n) is 7.48. The molecule has 1 aliphatic carbocycles. The van der Waals surface area contributed by atoms with Gasteiger partial charge in [-0.2, -0.15) is 0 Å². The van der Waals surface area contributed by atoms with Crippen LogP contribution in [0.5, 0.6) is 0 Å². The fourth-order valence-electron chi connectivity index (χ4n) is 3.57. The van der Waals surface area contributed by atoms with Crippen LogP contribution in [0.25, 0.3) is 0 Å². The van der Waals surface area contributed by atoms with Crippen molar-refractivity contribution in [1.82, 2.24) is 10.6 Å². The summed E-state index contributed by atoms with van der Waals surface area (Å²) in [6.07, 6.45) is 3.27. The van der Waals surface area contributed by atoms with Gasteiger partial charge in [0.25, 0.3) is 0 Å². The molecule has 0 spiro atoms. The molecule has 1 saturated carbocycles. The highest BCUT2D eigenvalue weighted by atomic mass is 16.2. The van der Waals surface area contributed by atoms with Gasteiger partial charge in [-0.3, -0.25) is 0 Å². The molecule has 2 N–H and O–H groups in total. The minimum Gasteiger partial charge on any atom is -0.335 e. The topological polar surface area (TPSA) is 41.1 Å². The maximum atomic E-state index is 12.5. The van der Waals surface area contributed by atoms with Gasteiger partial charge >= 0.3 is 6.03 Å². The van der Waals surface area contributed by atoms with E-state index < -0.39 is 0 Å². The van der Waals surface area contributed by atoms with E-state index in [2.05, 4.69) is 48.7 Å². The lowest BCUT2D eigenvalue weighted by Gasteiger charge is -2.22. The highest BCUT2D eigenvalue weighted by Gasteiger charge is 2.32.